The molecule has 1 N–H and O–H groups in total. The number of morpholine rings is 1. The highest BCUT2D eigenvalue weighted by atomic mass is 16.6. The molecule has 0 saturated carbocycles. The molecule has 1 aliphatic rings. The third-order valence-electron chi connectivity index (χ3n) is 3.44. The molecule has 0 spiro atoms. The number of unbranched alkanes of at least 4 members (excludes halogenated alkanes) is 1. The van der Waals surface area contributed by atoms with Gasteiger partial charge in [0.2, 0.25) is 0 Å². The van der Waals surface area contributed by atoms with Crippen LogP contribution in [0.25, 0.3) is 0 Å². The standard InChI is InChI=1S/C14H20N2O4/c17-16(18)13-5-1-2-6-14(13)20-10-4-3-7-15-8-11-19-12-9-15/h1-2,5-6H,3-4,7-12H2/p+1. The van der Waals surface area contributed by atoms with Crippen LogP contribution >= 0.6 is 0 Å². The Labute approximate surface area is 118 Å². The molecular weight excluding hydrogens is 260 g/mol. The summed E-state index contributed by atoms with van der Waals surface area (Å²) < 4.78 is 10.8. The summed E-state index contributed by atoms with van der Waals surface area (Å²) in [6, 6.07) is 6.51. The summed E-state index contributed by atoms with van der Waals surface area (Å²) in [6.07, 6.45) is 1.98. The molecule has 20 heavy (non-hydrogen) atoms. The molecule has 1 saturated heterocycles. The van der Waals surface area contributed by atoms with Gasteiger partial charge in [-0.1, -0.05) is 12.1 Å². The first kappa shape index (κ1) is 14.7. The maximum atomic E-state index is 10.8. The molecule has 1 heterocycles. The zero-order valence-electron chi connectivity index (χ0n) is 11.5. The highest BCUT2D eigenvalue weighted by molar-refractivity contribution is 5.45. The minimum absolute atomic E-state index is 0.0336. The van der Waals surface area contributed by atoms with E-state index in [1.54, 1.807) is 23.1 Å². The number of nitrogens with one attached hydrogen (secondary N) is 1. The molecule has 110 valence electrons. The van der Waals surface area contributed by atoms with Crippen LogP contribution in [0.1, 0.15) is 12.8 Å². The van der Waals surface area contributed by atoms with Crippen LogP contribution in [0.2, 0.25) is 0 Å². The van der Waals surface area contributed by atoms with E-state index in [4.69, 9.17) is 9.47 Å². The predicted octanol–water partition coefficient (Wildman–Crippen LogP) is 0.669. The number of quaternary nitrogens is 1. The summed E-state index contributed by atoms with van der Waals surface area (Å²) in [5.41, 5.74) is 0.0336. The second-order valence-corrected chi connectivity index (χ2v) is 4.89. The number of benzene rings is 1. The van der Waals surface area contributed by atoms with Crippen LogP contribution in [0.4, 0.5) is 5.69 Å². The van der Waals surface area contributed by atoms with E-state index < -0.39 is 4.92 Å². The summed E-state index contributed by atoms with van der Waals surface area (Å²) in [5.74, 6) is 0.358. The molecule has 1 aliphatic heterocycles. The lowest BCUT2D eigenvalue weighted by molar-refractivity contribution is -0.908. The molecule has 0 aromatic heterocycles. The van der Waals surface area contributed by atoms with Crippen molar-refractivity contribution in [1.82, 2.24) is 0 Å². The van der Waals surface area contributed by atoms with Crippen molar-refractivity contribution in [2.75, 3.05) is 39.5 Å². The minimum atomic E-state index is -0.410. The fourth-order valence-electron chi connectivity index (χ4n) is 2.30. The normalized spacial score (nSPS) is 16.0. The Kier molecular flexibility index (Phi) is 5.76. The molecule has 0 amide bonds. The number of nitrogens with zero attached hydrogens (tertiary/aromatic N) is 1. The molecule has 1 fully saturated rings. The van der Waals surface area contributed by atoms with E-state index in [1.165, 1.54) is 6.07 Å². The minimum Gasteiger partial charge on any atom is -0.487 e. The lowest BCUT2D eigenvalue weighted by Crippen LogP contribution is -3.14. The van der Waals surface area contributed by atoms with Gasteiger partial charge in [0.25, 0.3) is 0 Å². The zero-order valence-corrected chi connectivity index (χ0v) is 11.5. The number of nitro benzene ring substituents is 1. The van der Waals surface area contributed by atoms with Gasteiger partial charge in [-0.25, -0.2) is 0 Å². The number of hydrogen-bond acceptors (Lipinski definition) is 4. The maximum Gasteiger partial charge on any atom is 0.310 e. The van der Waals surface area contributed by atoms with Crippen LogP contribution in [-0.4, -0.2) is 44.4 Å². The smallest absolute Gasteiger partial charge is 0.310 e. The van der Waals surface area contributed by atoms with E-state index in [2.05, 4.69) is 0 Å². The molecule has 1 aromatic carbocycles. The van der Waals surface area contributed by atoms with Gasteiger partial charge in [-0.3, -0.25) is 10.1 Å². The average Bonchev–Trinajstić information content (AvgIpc) is 2.48. The summed E-state index contributed by atoms with van der Waals surface area (Å²) in [6.45, 7) is 5.48. The highest BCUT2D eigenvalue weighted by Gasteiger charge is 2.14. The van der Waals surface area contributed by atoms with Crippen LogP contribution in [-0.2, 0) is 4.74 Å². The first-order chi connectivity index (χ1) is 9.77. The van der Waals surface area contributed by atoms with E-state index in [9.17, 15) is 10.1 Å². The second-order valence-electron chi connectivity index (χ2n) is 4.89. The molecule has 6 heteroatoms. The van der Waals surface area contributed by atoms with Crippen molar-refractivity contribution in [2.24, 2.45) is 0 Å². The van der Waals surface area contributed by atoms with E-state index in [-0.39, 0.29) is 5.69 Å². The van der Waals surface area contributed by atoms with E-state index in [0.717, 1.165) is 45.7 Å². The Hall–Kier alpha value is -1.66. The van der Waals surface area contributed by atoms with Gasteiger partial charge in [-0.2, -0.15) is 0 Å². The average molecular weight is 281 g/mol. The SMILES string of the molecule is O=[N+]([O-])c1ccccc1OCCCC[NH+]1CCOCC1. The van der Waals surface area contributed by atoms with Gasteiger partial charge in [-0.15, -0.1) is 0 Å². The fraction of sp³-hybridized carbons (Fsp3) is 0.571. The molecule has 0 radical (unpaired) electrons. The highest BCUT2D eigenvalue weighted by Crippen LogP contribution is 2.25. The fourth-order valence-corrected chi connectivity index (χ4v) is 2.30. The molecule has 0 atom stereocenters. The van der Waals surface area contributed by atoms with Crippen molar-refractivity contribution in [1.29, 1.82) is 0 Å². The van der Waals surface area contributed by atoms with Crippen molar-refractivity contribution in [3.05, 3.63) is 34.4 Å². The van der Waals surface area contributed by atoms with Crippen molar-refractivity contribution < 1.29 is 19.3 Å². The molecule has 0 bridgehead atoms. The quantitative estimate of drug-likeness (QED) is 0.453. The topological polar surface area (TPSA) is 66.0 Å². The lowest BCUT2D eigenvalue weighted by Gasteiger charge is -2.23. The third kappa shape index (κ3) is 4.47. The third-order valence-corrected chi connectivity index (χ3v) is 3.44. The summed E-state index contributed by atoms with van der Waals surface area (Å²) in [4.78, 5) is 12.0. The molecular formula is C14H21N2O4+. The summed E-state index contributed by atoms with van der Waals surface area (Å²) in [7, 11) is 0. The van der Waals surface area contributed by atoms with Gasteiger partial charge in [0.1, 0.15) is 13.1 Å². The van der Waals surface area contributed by atoms with E-state index >= 15 is 0 Å². The second kappa shape index (κ2) is 7.81. The van der Waals surface area contributed by atoms with Crippen molar-refractivity contribution in [3.8, 4) is 5.75 Å². The Morgan fingerprint density at radius 2 is 2.00 bits per heavy atom. The molecule has 0 aliphatic carbocycles. The van der Waals surface area contributed by atoms with E-state index in [1.807, 2.05) is 0 Å². The van der Waals surface area contributed by atoms with Gasteiger partial charge < -0.3 is 14.4 Å². The largest absolute Gasteiger partial charge is 0.487 e. The van der Waals surface area contributed by atoms with Crippen LogP contribution in [0.5, 0.6) is 5.75 Å². The number of para-hydroxylation sites is 2. The first-order valence-electron chi connectivity index (χ1n) is 7.05. The predicted molar refractivity (Wildman–Crippen MR) is 74.2 cm³/mol. The Morgan fingerprint density at radius 1 is 1.25 bits per heavy atom. The van der Waals surface area contributed by atoms with E-state index in [0.29, 0.717) is 12.4 Å². The summed E-state index contributed by atoms with van der Waals surface area (Å²) >= 11 is 0. The van der Waals surface area contributed by atoms with Crippen LogP contribution in [0.3, 0.4) is 0 Å². The number of nitro groups is 1. The molecule has 0 unspecified atom stereocenters. The van der Waals surface area contributed by atoms with Crippen LogP contribution in [0, 0.1) is 10.1 Å². The van der Waals surface area contributed by atoms with Crippen molar-refractivity contribution in [3.63, 3.8) is 0 Å². The Bertz CT molecular complexity index is 433. The monoisotopic (exact) mass is 281 g/mol. The van der Waals surface area contributed by atoms with Crippen molar-refractivity contribution >= 4 is 5.69 Å². The first-order valence-corrected chi connectivity index (χ1v) is 7.05. The summed E-state index contributed by atoms with van der Waals surface area (Å²) in [5, 5.41) is 10.8. The molecule has 6 nitrogen and oxygen atoms in total. The number of rotatable bonds is 7. The Balaban J connectivity index is 1.67. The Morgan fingerprint density at radius 3 is 2.75 bits per heavy atom. The maximum absolute atomic E-state index is 10.8. The van der Waals surface area contributed by atoms with Gasteiger partial charge in [0.15, 0.2) is 5.75 Å². The molecule has 2 rings (SSSR count). The van der Waals surface area contributed by atoms with Crippen LogP contribution < -0.4 is 9.64 Å². The van der Waals surface area contributed by atoms with Gasteiger partial charge >= 0.3 is 5.69 Å². The zero-order chi connectivity index (χ0) is 14.2. The van der Waals surface area contributed by atoms with Crippen LogP contribution in [0.15, 0.2) is 24.3 Å². The number of ether oxygens (including phenoxy) is 2. The van der Waals surface area contributed by atoms with Gasteiger partial charge in [0, 0.05) is 6.07 Å². The van der Waals surface area contributed by atoms with Gasteiger partial charge in [0.05, 0.1) is 31.3 Å². The number of hydrogen-bond donors (Lipinski definition) is 1. The van der Waals surface area contributed by atoms with Gasteiger partial charge in [-0.05, 0) is 18.9 Å². The van der Waals surface area contributed by atoms with Crippen molar-refractivity contribution in [2.45, 2.75) is 12.8 Å². The molecule has 1 aromatic rings. The lowest BCUT2D eigenvalue weighted by atomic mass is 10.2.